The van der Waals surface area contributed by atoms with Crippen LogP contribution in [-0.2, 0) is 4.74 Å². The fourth-order valence-corrected chi connectivity index (χ4v) is 2.06. The second-order valence-electron chi connectivity index (χ2n) is 4.16. The van der Waals surface area contributed by atoms with Crippen molar-refractivity contribution in [1.82, 2.24) is 0 Å². The van der Waals surface area contributed by atoms with Gasteiger partial charge in [0.25, 0.3) is 5.91 Å². The number of methoxy groups -OCH3 is 1. The van der Waals surface area contributed by atoms with Crippen molar-refractivity contribution < 1.29 is 18.7 Å². The number of amides is 1. The van der Waals surface area contributed by atoms with Crippen LogP contribution in [0.15, 0.2) is 46.9 Å². The Morgan fingerprint density at radius 1 is 1.14 bits per heavy atom. The molecule has 2 rings (SSSR count). The monoisotopic (exact) mass is 351 g/mol. The summed E-state index contributed by atoms with van der Waals surface area (Å²) >= 11 is 3.02. The molecular formula is C15H11BrFNO3. The van der Waals surface area contributed by atoms with Crippen molar-refractivity contribution in [1.29, 1.82) is 0 Å². The molecule has 0 unspecified atom stereocenters. The highest BCUT2D eigenvalue weighted by Gasteiger charge is 2.11. The second-order valence-corrected chi connectivity index (χ2v) is 5.01. The van der Waals surface area contributed by atoms with Gasteiger partial charge in [0.15, 0.2) is 0 Å². The minimum Gasteiger partial charge on any atom is -0.465 e. The lowest BCUT2D eigenvalue weighted by atomic mass is 10.1. The SMILES string of the molecule is COC(=O)c1cccc(NC(=O)c2ccc(F)c(Br)c2)c1. The molecule has 0 radical (unpaired) electrons. The Morgan fingerprint density at radius 3 is 2.57 bits per heavy atom. The van der Waals surface area contributed by atoms with Crippen molar-refractivity contribution in [3.05, 3.63) is 63.9 Å². The molecule has 0 aliphatic carbocycles. The van der Waals surface area contributed by atoms with E-state index in [4.69, 9.17) is 0 Å². The minimum absolute atomic E-state index is 0.207. The van der Waals surface area contributed by atoms with E-state index in [2.05, 4.69) is 26.0 Å². The molecule has 6 heteroatoms. The maximum Gasteiger partial charge on any atom is 0.337 e. The summed E-state index contributed by atoms with van der Waals surface area (Å²) in [7, 11) is 1.28. The molecule has 0 atom stereocenters. The topological polar surface area (TPSA) is 55.4 Å². The van der Waals surface area contributed by atoms with Crippen molar-refractivity contribution in [3.63, 3.8) is 0 Å². The lowest BCUT2D eigenvalue weighted by Gasteiger charge is -2.07. The summed E-state index contributed by atoms with van der Waals surface area (Å²) in [5.41, 5.74) is 1.07. The van der Waals surface area contributed by atoms with E-state index in [-0.39, 0.29) is 4.47 Å². The van der Waals surface area contributed by atoms with E-state index in [1.165, 1.54) is 31.4 Å². The first kappa shape index (κ1) is 15.2. The Labute approximate surface area is 129 Å². The van der Waals surface area contributed by atoms with E-state index < -0.39 is 17.7 Å². The first-order valence-electron chi connectivity index (χ1n) is 5.96. The highest BCUT2D eigenvalue weighted by molar-refractivity contribution is 9.10. The molecule has 1 N–H and O–H groups in total. The maximum atomic E-state index is 13.1. The fourth-order valence-electron chi connectivity index (χ4n) is 1.68. The zero-order chi connectivity index (χ0) is 15.4. The van der Waals surface area contributed by atoms with Crippen LogP contribution in [0.4, 0.5) is 10.1 Å². The Balaban J connectivity index is 2.19. The van der Waals surface area contributed by atoms with Gasteiger partial charge in [0.05, 0.1) is 17.1 Å². The molecule has 0 bridgehead atoms. The van der Waals surface area contributed by atoms with Gasteiger partial charge in [0.1, 0.15) is 5.82 Å². The smallest absolute Gasteiger partial charge is 0.337 e. The summed E-state index contributed by atoms with van der Waals surface area (Å²) in [6.45, 7) is 0. The third kappa shape index (κ3) is 3.66. The highest BCUT2D eigenvalue weighted by atomic mass is 79.9. The minimum atomic E-state index is -0.490. The molecule has 0 saturated carbocycles. The average Bonchev–Trinajstić information content (AvgIpc) is 2.49. The molecule has 1 amide bonds. The first-order chi connectivity index (χ1) is 10.0. The third-order valence-corrected chi connectivity index (χ3v) is 3.33. The lowest BCUT2D eigenvalue weighted by molar-refractivity contribution is 0.0600. The molecule has 0 heterocycles. The van der Waals surface area contributed by atoms with Crippen LogP contribution in [0.25, 0.3) is 0 Å². The number of esters is 1. The zero-order valence-electron chi connectivity index (χ0n) is 11.0. The van der Waals surface area contributed by atoms with Crippen LogP contribution < -0.4 is 5.32 Å². The fraction of sp³-hybridized carbons (Fsp3) is 0.0667. The van der Waals surface area contributed by atoms with E-state index in [9.17, 15) is 14.0 Å². The Hall–Kier alpha value is -2.21. The molecular weight excluding hydrogens is 341 g/mol. The van der Waals surface area contributed by atoms with Gasteiger partial charge in [-0.1, -0.05) is 6.07 Å². The van der Waals surface area contributed by atoms with E-state index in [1.807, 2.05) is 0 Å². The quantitative estimate of drug-likeness (QED) is 0.859. The van der Waals surface area contributed by atoms with Gasteiger partial charge in [0.2, 0.25) is 0 Å². The second kappa shape index (κ2) is 6.49. The number of halogens is 2. The number of rotatable bonds is 3. The van der Waals surface area contributed by atoms with Crippen LogP contribution in [0.5, 0.6) is 0 Å². The number of hydrogen-bond donors (Lipinski definition) is 1. The largest absolute Gasteiger partial charge is 0.465 e. The summed E-state index contributed by atoms with van der Waals surface area (Å²) < 4.78 is 18.0. The van der Waals surface area contributed by atoms with Gasteiger partial charge < -0.3 is 10.1 Å². The summed E-state index contributed by atoms with van der Waals surface area (Å²) in [5, 5.41) is 2.63. The summed E-state index contributed by atoms with van der Waals surface area (Å²) in [5.74, 6) is -1.34. The molecule has 0 saturated heterocycles. The molecule has 0 aromatic heterocycles. The van der Waals surface area contributed by atoms with Crippen LogP contribution in [0, 0.1) is 5.82 Å². The summed E-state index contributed by atoms with van der Waals surface area (Å²) in [4.78, 5) is 23.5. The van der Waals surface area contributed by atoms with Crippen molar-refractivity contribution >= 4 is 33.5 Å². The third-order valence-electron chi connectivity index (χ3n) is 2.72. The van der Waals surface area contributed by atoms with Gasteiger partial charge in [-0.25, -0.2) is 9.18 Å². The number of anilines is 1. The number of hydrogen-bond acceptors (Lipinski definition) is 3. The molecule has 0 fully saturated rings. The number of nitrogens with one attached hydrogen (secondary N) is 1. The van der Waals surface area contributed by atoms with Gasteiger partial charge in [-0.15, -0.1) is 0 Å². The normalized spacial score (nSPS) is 10.0. The summed E-state index contributed by atoms with van der Waals surface area (Å²) in [6, 6.07) is 10.3. The number of carbonyl (C=O) groups excluding carboxylic acids is 2. The van der Waals surface area contributed by atoms with Gasteiger partial charge >= 0.3 is 5.97 Å². The standard InChI is InChI=1S/C15H11BrFNO3/c1-21-15(20)10-3-2-4-11(7-10)18-14(19)9-5-6-13(17)12(16)8-9/h2-8H,1H3,(H,18,19). The molecule has 21 heavy (non-hydrogen) atoms. The number of ether oxygens (including phenoxy) is 1. The molecule has 0 aliphatic rings. The number of carbonyl (C=O) groups is 2. The van der Waals surface area contributed by atoms with Gasteiger partial charge in [-0.2, -0.15) is 0 Å². The van der Waals surface area contributed by atoms with Crippen molar-refractivity contribution in [3.8, 4) is 0 Å². The lowest BCUT2D eigenvalue weighted by Crippen LogP contribution is -2.12. The zero-order valence-corrected chi connectivity index (χ0v) is 12.6. The van der Waals surface area contributed by atoms with Crippen LogP contribution in [0.2, 0.25) is 0 Å². The predicted molar refractivity (Wildman–Crippen MR) is 79.8 cm³/mol. The van der Waals surface area contributed by atoms with Gasteiger partial charge in [-0.3, -0.25) is 4.79 Å². The van der Waals surface area contributed by atoms with Crippen molar-refractivity contribution in [2.24, 2.45) is 0 Å². The van der Waals surface area contributed by atoms with E-state index in [0.717, 1.165) is 0 Å². The molecule has 2 aromatic rings. The number of benzene rings is 2. The van der Waals surface area contributed by atoms with Crippen LogP contribution in [0.3, 0.4) is 0 Å². The van der Waals surface area contributed by atoms with Crippen molar-refractivity contribution in [2.45, 2.75) is 0 Å². The van der Waals surface area contributed by atoms with E-state index >= 15 is 0 Å². The van der Waals surface area contributed by atoms with Crippen LogP contribution in [0.1, 0.15) is 20.7 Å². The van der Waals surface area contributed by atoms with E-state index in [0.29, 0.717) is 16.8 Å². The molecule has 0 aliphatic heterocycles. The first-order valence-corrected chi connectivity index (χ1v) is 6.75. The Kier molecular flexibility index (Phi) is 4.70. The predicted octanol–water partition coefficient (Wildman–Crippen LogP) is 3.63. The molecule has 2 aromatic carbocycles. The molecule has 4 nitrogen and oxygen atoms in total. The molecule has 108 valence electrons. The van der Waals surface area contributed by atoms with Gasteiger partial charge in [-0.05, 0) is 52.3 Å². The maximum absolute atomic E-state index is 13.1. The average molecular weight is 352 g/mol. The van der Waals surface area contributed by atoms with Gasteiger partial charge in [0, 0.05) is 11.3 Å². The summed E-state index contributed by atoms with van der Waals surface area (Å²) in [6.07, 6.45) is 0. The van der Waals surface area contributed by atoms with E-state index in [1.54, 1.807) is 18.2 Å². The Bertz CT molecular complexity index is 703. The highest BCUT2D eigenvalue weighted by Crippen LogP contribution is 2.18. The van der Waals surface area contributed by atoms with Crippen LogP contribution >= 0.6 is 15.9 Å². The Morgan fingerprint density at radius 2 is 1.90 bits per heavy atom. The van der Waals surface area contributed by atoms with Crippen molar-refractivity contribution in [2.75, 3.05) is 12.4 Å². The molecule has 0 spiro atoms. The van der Waals surface area contributed by atoms with Crippen LogP contribution in [-0.4, -0.2) is 19.0 Å².